The number of nitrogens with one attached hydrogen (secondary N) is 1. The molecule has 0 spiro atoms. The first-order valence-electron chi connectivity index (χ1n) is 5.32. The van der Waals surface area contributed by atoms with Gasteiger partial charge in [-0.1, -0.05) is 30.4 Å². The van der Waals surface area contributed by atoms with Crippen molar-refractivity contribution in [2.75, 3.05) is 6.61 Å². The first-order chi connectivity index (χ1) is 7.60. The van der Waals surface area contributed by atoms with Gasteiger partial charge in [0, 0.05) is 0 Å². The molecule has 5 heteroatoms. The van der Waals surface area contributed by atoms with Crippen molar-refractivity contribution in [2.45, 2.75) is 31.6 Å². The van der Waals surface area contributed by atoms with Crippen molar-refractivity contribution >= 4 is 10.0 Å². The molecule has 90 valence electrons. The fourth-order valence-corrected chi connectivity index (χ4v) is 2.17. The summed E-state index contributed by atoms with van der Waals surface area (Å²) in [5, 5.41) is 0. The highest BCUT2D eigenvalue weighted by molar-refractivity contribution is 7.89. The largest absolute Gasteiger partial charge is 0.287 e. The van der Waals surface area contributed by atoms with Crippen LogP contribution in [0.2, 0.25) is 0 Å². The van der Waals surface area contributed by atoms with Gasteiger partial charge in [0.1, 0.15) is 0 Å². The van der Waals surface area contributed by atoms with Crippen molar-refractivity contribution in [3.63, 3.8) is 0 Å². The molecule has 0 radical (unpaired) electrons. The number of benzene rings is 1. The minimum absolute atomic E-state index is 0.223. The van der Waals surface area contributed by atoms with Gasteiger partial charge in [0.25, 0.3) is 10.0 Å². The second kappa shape index (κ2) is 5.98. The van der Waals surface area contributed by atoms with Crippen LogP contribution in [0, 0.1) is 0 Å². The van der Waals surface area contributed by atoms with Gasteiger partial charge in [0.2, 0.25) is 0 Å². The summed E-state index contributed by atoms with van der Waals surface area (Å²) in [5.74, 6) is 0. The lowest BCUT2D eigenvalue weighted by Gasteiger charge is -2.06. The van der Waals surface area contributed by atoms with Crippen LogP contribution in [-0.4, -0.2) is 15.0 Å². The highest BCUT2D eigenvalue weighted by Crippen LogP contribution is 2.11. The van der Waals surface area contributed by atoms with E-state index in [1.807, 2.05) is 17.0 Å². The maximum atomic E-state index is 11.6. The van der Waals surface area contributed by atoms with Crippen LogP contribution in [0.15, 0.2) is 29.2 Å². The van der Waals surface area contributed by atoms with E-state index in [-0.39, 0.29) is 4.90 Å². The summed E-state index contributed by atoms with van der Waals surface area (Å²) in [6, 6.07) is 6.83. The van der Waals surface area contributed by atoms with Gasteiger partial charge in [-0.25, -0.2) is 8.42 Å². The number of hydrogen-bond donors (Lipinski definition) is 1. The molecule has 0 aliphatic heterocycles. The predicted octanol–water partition coefficient (Wildman–Crippen LogP) is 1.87. The van der Waals surface area contributed by atoms with E-state index < -0.39 is 10.0 Å². The van der Waals surface area contributed by atoms with Gasteiger partial charge in [-0.3, -0.25) is 4.84 Å². The first-order valence-corrected chi connectivity index (χ1v) is 6.81. The summed E-state index contributed by atoms with van der Waals surface area (Å²) in [6.07, 6.45) is 2.00. The van der Waals surface area contributed by atoms with E-state index in [1.165, 1.54) is 0 Å². The molecule has 0 saturated heterocycles. The molecular formula is C11H17NO3S. The molecule has 0 aliphatic carbocycles. The van der Waals surface area contributed by atoms with Crippen molar-refractivity contribution in [2.24, 2.45) is 0 Å². The summed E-state index contributed by atoms with van der Waals surface area (Å²) < 4.78 is 23.2. The summed E-state index contributed by atoms with van der Waals surface area (Å²) in [6.45, 7) is 4.10. The fraction of sp³-hybridized carbons (Fsp3) is 0.455. The van der Waals surface area contributed by atoms with Crippen LogP contribution in [0.25, 0.3) is 0 Å². The van der Waals surface area contributed by atoms with Crippen LogP contribution < -0.4 is 4.89 Å². The number of sulfonamides is 1. The minimum Gasteiger partial charge on any atom is -0.287 e. The molecule has 16 heavy (non-hydrogen) atoms. The van der Waals surface area contributed by atoms with Gasteiger partial charge in [-0.2, -0.15) is 0 Å². The van der Waals surface area contributed by atoms with E-state index in [0.717, 1.165) is 18.4 Å². The smallest absolute Gasteiger partial charge is 0.262 e. The van der Waals surface area contributed by atoms with Crippen LogP contribution in [-0.2, 0) is 21.3 Å². The van der Waals surface area contributed by atoms with Crippen molar-refractivity contribution in [1.29, 1.82) is 0 Å². The Labute approximate surface area is 96.6 Å². The summed E-state index contributed by atoms with van der Waals surface area (Å²) in [5.41, 5.74) is 1.14. The average Bonchev–Trinajstić information content (AvgIpc) is 2.28. The van der Waals surface area contributed by atoms with Gasteiger partial charge in [0.15, 0.2) is 0 Å². The van der Waals surface area contributed by atoms with E-state index in [9.17, 15) is 8.42 Å². The number of rotatable bonds is 6. The molecule has 0 saturated carbocycles. The molecule has 0 atom stereocenters. The summed E-state index contributed by atoms with van der Waals surface area (Å²) in [7, 11) is -3.53. The molecule has 0 heterocycles. The molecule has 0 unspecified atom stereocenters. The molecule has 0 bridgehead atoms. The van der Waals surface area contributed by atoms with Crippen LogP contribution >= 0.6 is 0 Å². The average molecular weight is 243 g/mol. The van der Waals surface area contributed by atoms with Gasteiger partial charge in [-0.05, 0) is 31.0 Å². The molecule has 0 aliphatic rings. The lowest BCUT2D eigenvalue weighted by molar-refractivity contribution is 0.105. The maximum absolute atomic E-state index is 11.6. The lowest BCUT2D eigenvalue weighted by atomic mass is 10.1. The molecule has 0 amide bonds. The highest BCUT2D eigenvalue weighted by atomic mass is 32.2. The topological polar surface area (TPSA) is 55.4 Å². The Hall–Kier alpha value is -0.910. The van der Waals surface area contributed by atoms with Gasteiger partial charge < -0.3 is 0 Å². The maximum Gasteiger partial charge on any atom is 0.262 e. The van der Waals surface area contributed by atoms with Crippen molar-refractivity contribution in [1.82, 2.24) is 4.89 Å². The fourth-order valence-electron chi connectivity index (χ4n) is 1.31. The Morgan fingerprint density at radius 2 is 1.81 bits per heavy atom. The predicted molar refractivity (Wildman–Crippen MR) is 62.4 cm³/mol. The zero-order valence-electron chi connectivity index (χ0n) is 9.56. The monoisotopic (exact) mass is 243 g/mol. The molecule has 1 rings (SSSR count). The van der Waals surface area contributed by atoms with Crippen molar-refractivity contribution in [3.05, 3.63) is 29.8 Å². The number of aryl methyl sites for hydroxylation is 1. The highest BCUT2D eigenvalue weighted by Gasteiger charge is 2.12. The lowest BCUT2D eigenvalue weighted by Crippen LogP contribution is -2.23. The second-order valence-electron chi connectivity index (χ2n) is 3.41. The van der Waals surface area contributed by atoms with Crippen LogP contribution in [0.4, 0.5) is 0 Å². The van der Waals surface area contributed by atoms with E-state index >= 15 is 0 Å². The third kappa shape index (κ3) is 3.59. The zero-order chi connectivity index (χ0) is 12.0. The molecule has 0 fully saturated rings. The van der Waals surface area contributed by atoms with Gasteiger partial charge in [-0.15, -0.1) is 0 Å². The molecule has 1 aromatic carbocycles. The quantitative estimate of drug-likeness (QED) is 0.776. The SMILES string of the molecule is CCCc1ccc(S(=O)(=O)NOCC)cc1. The minimum atomic E-state index is -3.53. The standard InChI is InChI=1S/C11H17NO3S/c1-3-5-10-6-8-11(9-7-10)16(13,14)12-15-4-2/h6-9,12H,3-5H2,1-2H3. The third-order valence-electron chi connectivity index (χ3n) is 2.09. The van der Waals surface area contributed by atoms with E-state index in [2.05, 4.69) is 6.92 Å². The van der Waals surface area contributed by atoms with Crippen molar-refractivity contribution in [3.8, 4) is 0 Å². The van der Waals surface area contributed by atoms with Crippen LogP contribution in [0.3, 0.4) is 0 Å². The van der Waals surface area contributed by atoms with Crippen LogP contribution in [0.1, 0.15) is 25.8 Å². The first kappa shape index (κ1) is 13.2. The van der Waals surface area contributed by atoms with Gasteiger partial charge >= 0.3 is 0 Å². The van der Waals surface area contributed by atoms with Gasteiger partial charge in [0.05, 0.1) is 11.5 Å². The Morgan fingerprint density at radius 1 is 1.19 bits per heavy atom. The molecule has 4 nitrogen and oxygen atoms in total. The second-order valence-corrected chi connectivity index (χ2v) is 5.06. The Balaban J connectivity index is 2.80. The molecule has 1 aromatic rings. The molecular weight excluding hydrogens is 226 g/mol. The van der Waals surface area contributed by atoms with Crippen molar-refractivity contribution < 1.29 is 13.3 Å². The molecule has 1 N–H and O–H groups in total. The Morgan fingerprint density at radius 3 is 2.31 bits per heavy atom. The summed E-state index contributed by atoms with van der Waals surface area (Å²) >= 11 is 0. The van der Waals surface area contributed by atoms with E-state index in [0.29, 0.717) is 6.61 Å². The summed E-state index contributed by atoms with van der Waals surface area (Å²) in [4.78, 5) is 6.96. The molecule has 0 aromatic heterocycles. The van der Waals surface area contributed by atoms with E-state index in [4.69, 9.17) is 4.84 Å². The normalized spacial score (nSPS) is 11.6. The Kier molecular flexibility index (Phi) is 4.92. The third-order valence-corrected chi connectivity index (χ3v) is 3.32. The van der Waals surface area contributed by atoms with E-state index in [1.54, 1.807) is 19.1 Å². The zero-order valence-corrected chi connectivity index (χ0v) is 10.4. The van der Waals surface area contributed by atoms with Crippen LogP contribution in [0.5, 0.6) is 0 Å². The Bertz CT molecular complexity index is 411. The number of hydrogen-bond acceptors (Lipinski definition) is 3.